The number of benzene rings is 1. The van der Waals surface area contributed by atoms with Crippen LogP contribution in [0, 0.1) is 17.1 Å². The molecule has 0 aliphatic rings. The lowest BCUT2D eigenvalue weighted by atomic mass is 10.1. The summed E-state index contributed by atoms with van der Waals surface area (Å²) in [5.74, 6) is -1.10. The highest BCUT2D eigenvalue weighted by molar-refractivity contribution is 7.89. The molecule has 2 rings (SSSR count). The van der Waals surface area contributed by atoms with Crippen LogP contribution < -0.4 is 10.0 Å². The van der Waals surface area contributed by atoms with Crippen LogP contribution in [-0.4, -0.2) is 20.6 Å². The van der Waals surface area contributed by atoms with Crippen LogP contribution in [0.2, 0.25) is 0 Å². The quantitative estimate of drug-likeness (QED) is 0.818. The molecule has 1 atom stereocenters. The Morgan fingerprint density at radius 3 is 2.64 bits per heavy atom. The molecule has 25 heavy (non-hydrogen) atoms. The number of carbonyl (C=O) groups excluding carboxylic acids is 1. The van der Waals surface area contributed by atoms with E-state index < -0.39 is 23.1 Å². The van der Waals surface area contributed by atoms with Gasteiger partial charge in [0.15, 0.2) is 4.90 Å². The lowest BCUT2D eigenvalue weighted by molar-refractivity contribution is 0.101. The highest BCUT2D eigenvalue weighted by atomic mass is 32.2. The zero-order chi connectivity index (χ0) is 18.8. The molecule has 1 aromatic heterocycles. The Kier molecular flexibility index (Phi) is 5.52. The number of hydrogen-bond donors (Lipinski definition) is 2. The zero-order valence-electron chi connectivity index (χ0n) is 14.4. The standard InChI is InChI=1S/C17H19FN4O2S/c1-17(2,3)21-25(24)13-8-15(22(4)10-13)16(23)20-12-5-6-14(18)11(7-12)9-19/h5-8,10,21H,1-4H3,(H,20,23). The maximum atomic E-state index is 13.3. The number of rotatable bonds is 4. The van der Waals surface area contributed by atoms with Crippen molar-refractivity contribution < 1.29 is 13.7 Å². The average Bonchev–Trinajstić information content (AvgIpc) is 2.89. The van der Waals surface area contributed by atoms with E-state index in [0.29, 0.717) is 16.3 Å². The molecule has 1 amide bonds. The molecule has 0 fully saturated rings. The molecule has 0 bridgehead atoms. The third-order valence-corrected chi connectivity index (χ3v) is 4.62. The first-order chi connectivity index (χ1) is 11.6. The van der Waals surface area contributed by atoms with E-state index >= 15 is 0 Å². The van der Waals surface area contributed by atoms with Crippen LogP contribution in [0.1, 0.15) is 36.8 Å². The highest BCUT2D eigenvalue weighted by Crippen LogP contribution is 2.19. The number of nitrogens with one attached hydrogen (secondary N) is 2. The molecule has 1 heterocycles. The highest BCUT2D eigenvalue weighted by Gasteiger charge is 2.24. The number of aromatic nitrogens is 1. The Bertz CT molecular complexity index is 836. The van der Waals surface area contributed by atoms with Crippen LogP contribution in [0.4, 0.5) is 10.1 Å². The second-order valence-corrected chi connectivity index (χ2v) is 7.77. The molecular weight excluding hydrogens is 343 g/mol. The third kappa shape index (κ3) is 4.82. The van der Waals surface area contributed by atoms with Crippen LogP contribution in [0.25, 0.3) is 0 Å². The van der Waals surface area contributed by atoms with E-state index in [0.717, 1.165) is 6.07 Å². The van der Waals surface area contributed by atoms with E-state index in [9.17, 15) is 13.7 Å². The van der Waals surface area contributed by atoms with Gasteiger partial charge in [0.05, 0.1) is 28.7 Å². The van der Waals surface area contributed by atoms with Gasteiger partial charge in [-0.1, -0.05) is 0 Å². The summed E-state index contributed by atoms with van der Waals surface area (Å²) in [4.78, 5) is 12.9. The van der Waals surface area contributed by atoms with Gasteiger partial charge >= 0.3 is 0 Å². The first-order valence-corrected chi connectivity index (χ1v) is 8.62. The van der Waals surface area contributed by atoms with Gasteiger partial charge in [-0.15, -0.1) is 4.72 Å². The number of nitrogens with zero attached hydrogens (tertiary/aromatic N) is 2. The summed E-state index contributed by atoms with van der Waals surface area (Å²) < 4.78 is 30.1. The first-order valence-electron chi connectivity index (χ1n) is 7.47. The molecule has 0 radical (unpaired) electrons. The SMILES string of the molecule is Cn1cc([S+]([O-])NC(C)(C)C)cc1C(=O)Nc1ccc(F)c(C#N)c1. The number of aryl methyl sites for hydroxylation is 1. The molecule has 1 unspecified atom stereocenters. The Balaban J connectivity index is 2.19. The molecule has 8 heteroatoms. The van der Waals surface area contributed by atoms with Gasteiger partial charge in [0.2, 0.25) is 0 Å². The van der Waals surface area contributed by atoms with Gasteiger partial charge in [-0.25, -0.2) is 4.39 Å². The molecule has 0 saturated carbocycles. The number of nitriles is 1. The maximum Gasteiger partial charge on any atom is 0.272 e. The fourth-order valence-electron chi connectivity index (χ4n) is 2.08. The molecule has 6 nitrogen and oxygen atoms in total. The topological polar surface area (TPSA) is 92.9 Å². The van der Waals surface area contributed by atoms with Gasteiger partial charge in [0.25, 0.3) is 5.91 Å². The lowest BCUT2D eigenvalue weighted by Crippen LogP contribution is -2.40. The molecule has 2 N–H and O–H groups in total. The fourth-order valence-corrected chi connectivity index (χ4v) is 3.23. The van der Waals surface area contributed by atoms with Gasteiger partial charge in [-0.3, -0.25) is 4.79 Å². The van der Waals surface area contributed by atoms with Crippen molar-refractivity contribution in [3.8, 4) is 6.07 Å². The number of amides is 1. The van der Waals surface area contributed by atoms with E-state index in [2.05, 4.69) is 10.0 Å². The average molecular weight is 362 g/mol. The van der Waals surface area contributed by atoms with Crippen molar-refractivity contribution >= 4 is 23.0 Å². The molecular formula is C17H19FN4O2S. The Hall–Kier alpha value is -2.34. The fraction of sp³-hybridized carbons (Fsp3) is 0.294. The maximum absolute atomic E-state index is 13.3. The van der Waals surface area contributed by atoms with Crippen molar-refractivity contribution in [2.45, 2.75) is 31.2 Å². The molecule has 2 aromatic rings. The predicted molar refractivity (Wildman–Crippen MR) is 93.8 cm³/mol. The molecule has 0 spiro atoms. The van der Waals surface area contributed by atoms with Crippen LogP contribution >= 0.6 is 0 Å². The van der Waals surface area contributed by atoms with Crippen LogP contribution in [-0.2, 0) is 18.4 Å². The van der Waals surface area contributed by atoms with E-state index in [1.54, 1.807) is 23.9 Å². The summed E-state index contributed by atoms with van der Waals surface area (Å²) >= 11 is -1.46. The van der Waals surface area contributed by atoms with Crippen molar-refractivity contribution in [1.82, 2.24) is 9.29 Å². The van der Waals surface area contributed by atoms with Gasteiger partial charge < -0.3 is 14.4 Å². The lowest BCUT2D eigenvalue weighted by Gasteiger charge is -2.20. The Morgan fingerprint density at radius 1 is 1.36 bits per heavy atom. The molecule has 0 saturated heterocycles. The predicted octanol–water partition coefficient (Wildman–Crippen LogP) is 2.70. The van der Waals surface area contributed by atoms with Crippen molar-refractivity contribution in [2.24, 2.45) is 7.05 Å². The molecule has 0 aliphatic heterocycles. The molecule has 0 aliphatic carbocycles. The minimum Gasteiger partial charge on any atom is -0.593 e. The Morgan fingerprint density at radius 2 is 2.04 bits per heavy atom. The second kappa shape index (κ2) is 7.27. The Labute approximate surface area is 149 Å². The molecule has 1 aromatic carbocycles. The van der Waals surface area contributed by atoms with Crippen LogP contribution in [0.15, 0.2) is 35.4 Å². The third-order valence-electron chi connectivity index (χ3n) is 3.17. The van der Waals surface area contributed by atoms with E-state index in [4.69, 9.17) is 5.26 Å². The number of hydrogen-bond acceptors (Lipinski definition) is 4. The van der Waals surface area contributed by atoms with Crippen molar-refractivity contribution in [2.75, 3.05) is 5.32 Å². The summed E-state index contributed by atoms with van der Waals surface area (Å²) in [6, 6.07) is 7.00. The largest absolute Gasteiger partial charge is 0.593 e. The smallest absolute Gasteiger partial charge is 0.272 e. The van der Waals surface area contributed by atoms with Gasteiger partial charge in [-0.05, 0) is 39.0 Å². The summed E-state index contributed by atoms with van der Waals surface area (Å²) in [7, 11) is 1.66. The summed E-state index contributed by atoms with van der Waals surface area (Å²) in [5, 5.41) is 11.5. The van der Waals surface area contributed by atoms with E-state index in [1.807, 2.05) is 20.8 Å². The number of anilines is 1. The van der Waals surface area contributed by atoms with Crippen molar-refractivity contribution in [3.05, 3.63) is 47.5 Å². The van der Waals surface area contributed by atoms with Crippen molar-refractivity contribution in [3.63, 3.8) is 0 Å². The van der Waals surface area contributed by atoms with E-state index in [-0.39, 0.29) is 11.1 Å². The summed E-state index contributed by atoms with van der Waals surface area (Å²) in [6.07, 6.45) is 1.61. The number of halogens is 1. The van der Waals surface area contributed by atoms with Gasteiger partial charge in [0, 0.05) is 18.8 Å². The minimum absolute atomic E-state index is 0.152. The monoisotopic (exact) mass is 362 g/mol. The summed E-state index contributed by atoms with van der Waals surface area (Å²) in [5.41, 5.74) is 0.104. The normalized spacial score (nSPS) is 12.5. The summed E-state index contributed by atoms with van der Waals surface area (Å²) in [6.45, 7) is 5.67. The van der Waals surface area contributed by atoms with Crippen LogP contribution in [0.5, 0.6) is 0 Å². The zero-order valence-corrected chi connectivity index (χ0v) is 15.2. The van der Waals surface area contributed by atoms with Gasteiger partial charge in [-0.2, -0.15) is 5.26 Å². The molecule has 132 valence electrons. The number of carbonyl (C=O) groups is 1. The van der Waals surface area contributed by atoms with Crippen LogP contribution in [0.3, 0.4) is 0 Å². The van der Waals surface area contributed by atoms with Gasteiger partial charge in [0.1, 0.15) is 17.6 Å². The van der Waals surface area contributed by atoms with Crippen molar-refractivity contribution in [1.29, 1.82) is 5.26 Å². The minimum atomic E-state index is -1.46. The van der Waals surface area contributed by atoms with E-state index in [1.165, 1.54) is 18.2 Å². The first kappa shape index (κ1) is 19.0. The second-order valence-electron chi connectivity index (χ2n) is 6.55.